The Hall–Kier alpha value is -1.05. The lowest BCUT2D eigenvalue weighted by Crippen LogP contribution is -2.17. The van der Waals surface area contributed by atoms with Crippen molar-refractivity contribution in [2.24, 2.45) is 0 Å². The SMILES string of the molecule is CCCn1c(Sc2cc(Br)ccc2CNC)n[nH]c1=O. The van der Waals surface area contributed by atoms with Crippen molar-refractivity contribution in [1.29, 1.82) is 0 Å². The monoisotopic (exact) mass is 356 g/mol. The first-order valence-corrected chi connectivity index (χ1v) is 8.02. The fraction of sp³-hybridized carbons (Fsp3) is 0.385. The van der Waals surface area contributed by atoms with Gasteiger partial charge in [-0.15, -0.1) is 5.10 Å². The van der Waals surface area contributed by atoms with E-state index in [-0.39, 0.29) is 5.69 Å². The van der Waals surface area contributed by atoms with E-state index in [1.54, 1.807) is 4.57 Å². The van der Waals surface area contributed by atoms with Crippen LogP contribution in [-0.2, 0) is 13.1 Å². The van der Waals surface area contributed by atoms with Gasteiger partial charge in [0, 0.05) is 22.5 Å². The molecule has 0 aliphatic carbocycles. The maximum Gasteiger partial charge on any atom is 0.343 e. The zero-order valence-corrected chi connectivity index (χ0v) is 13.8. The van der Waals surface area contributed by atoms with Gasteiger partial charge in [0.05, 0.1) is 0 Å². The highest BCUT2D eigenvalue weighted by Gasteiger charge is 2.12. The van der Waals surface area contributed by atoms with Crippen molar-refractivity contribution in [2.45, 2.75) is 36.5 Å². The van der Waals surface area contributed by atoms with Crippen LogP contribution in [0.1, 0.15) is 18.9 Å². The molecule has 0 saturated carbocycles. The maximum atomic E-state index is 11.7. The van der Waals surface area contributed by atoms with E-state index >= 15 is 0 Å². The topological polar surface area (TPSA) is 62.7 Å². The first-order chi connectivity index (χ1) is 9.65. The van der Waals surface area contributed by atoms with E-state index in [4.69, 9.17) is 0 Å². The zero-order valence-electron chi connectivity index (χ0n) is 11.4. The smallest absolute Gasteiger partial charge is 0.316 e. The number of H-pyrrole nitrogens is 1. The van der Waals surface area contributed by atoms with Crippen molar-refractivity contribution < 1.29 is 0 Å². The number of nitrogens with zero attached hydrogens (tertiary/aromatic N) is 2. The number of nitrogens with one attached hydrogen (secondary N) is 2. The van der Waals surface area contributed by atoms with Gasteiger partial charge < -0.3 is 5.32 Å². The number of hydrogen-bond donors (Lipinski definition) is 2. The first-order valence-electron chi connectivity index (χ1n) is 6.41. The molecule has 1 aromatic carbocycles. The van der Waals surface area contributed by atoms with E-state index in [1.807, 2.05) is 26.1 Å². The van der Waals surface area contributed by atoms with Gasteiger partial charge in [-0.25, -0.2) is 9.89 Å². The molecule has 0 saturated heterocycles. The molecule has 20 heavy (non-hydrogen) atoms. The van der Waals surface area contributed by atoms with Crippen LogP contribution in [0.15, 0.2) is 37.5 Å². The van der Waals surface area contributed by atoms with E-state index in [9.17, 15) is 4.79 Å². The number of halogens is 1. The Morgan fingerprint density at radius 2 is 2.30 bits per heavy atom. The van der Waals surface area contributed by atoms with Crippen molar-refractivity contribution in [3.8, 4) is 0 Å². The average Bonchev–Trinajstić information content (AvgIpc) is 2.75. The van der Waals surface area contributed by atoms with Gasteiger partial charge in [-0.05, 0) is 42.9 Å². The Balaban J connectivity index is 2.34. The Morgan fingerprint density at radius 1 is 1.50 bits per heavy atom. The molecule has 1 heterocycles. The van der Waals surface area contributed by atoms with Gasteiger partial charge in [0.2, 0.25) is 0 Å². The van der Waals surface area contributed by atoms with Gasteiger partial charge in [0.25, 0.3) is 0 Å². The van der Waals surface area contributed by atoms with Crippen molar-refractivity contribution in [3.05, 3.63) is 38.7 Å². The van der Waals surface area contributed by atoms with Crippen LogP contribution in [0.3, 0.4) is 0 Å². The van der Waals surface area contributed by atoms with Gasteiger partial charge in [0.1, 0.15) is 0 Å². The molecule has 0 radical (unpaired) electrons. The molecule has 0 fully saturated rings. The van der Waals surface area contributed by atoms with Gasteiger partial charge in [-0.2, -0.15) is 0 Å². The maximum absolute atomic E-state index is 11.7. The van der Waals surface area contributed by atoms with Gasteiger partial charge in [-0.3, -0.25) is 4.57 Å². The molecular weight excluding hydrogens is 340 g/mol. The summed E-state index contributed by atoms with van der Waals surface area (Å²) in [5.74, 6) is 0. The molecule has 0 amide bonds. The van der Waals surface area contributed by atoms with Crippen molar-refractivity contribution in [3.63, 3.8) is 0 Å². The Bertz CT molecular complexity index is 638. The fourth-order valence-electron chi connectivity index (χ4n) is 1.86. The summed E-state index contributed by atoms with van der Waals surface area (Å²) >= 11 is 4.99. The largest absolute Gasteiger partial charge is 0.343 e. The quantitative estimate of drug-likeness (QED) is 0.834. The highest BCUT2D eigenvalue weighted by Crippen LogP contribution is 2.31. The summed E-state index contributed by atoms with van der Waals surface area (Å²) in [6, 6.07) is 6.13. The normalized spacial score (nSPS) is 10.9. The molecule has 7 heteroatoms. The van der Waals surface area contributed by atoms with Gasteiger partial charge in [-0.1, -0.05) is 28.9 Å². The van der Waals surface area contributed by atoms with Crippen LogP contribution in [-0.4, -0.2) is 21.8 Å². The lowest BCUT2D eigenvalue weighted by Gasteiger charge is -2.09. The summed E-state index contributed by atoms with van der Waals surface area (Å²) in [5, 5.41) is 10.5. The van der Waals surface area contributed by atoms with Crippen LogP contribution in [0.4, 0.5) is 0 Å². The Morgan fingerprint density at radius 3 is 3.00 bits per heavy atom. The van der Waals surface area contributed by atoms with Crippen molar-refractivity contribution in [2.75, 3.05) is 7.05 Å². The lowest BCUT2D eigenvalue weighted by molar-refractivity contribution is 0.603. The van der Waals surface area contributed by atoms with Gasteiger partial charge >= 0.3 is 5.69 Å². The molecule has 0 aliphatic heterocycles. The summed E-state index contributed by atoms with van der Waals surface area (Å²) in [4.78, 5) is 12.8. The van der Waals surface area contributed by atoms with Crippen LogP contribution >= 0.6 is 27.7 Å². The molecule has 0 aliphatic rings. The van der Waals surface area contributed by atoms with Crippen LogP contribution in [0.2, 0.25) is 0 Å². The molecule has 108 valence electrons. The van der Waals surface area contributed by atoms with E-state index in [0.717, 1.165) is 22.3 Å². The molecule has 2 N–H and O–H groups in total. The number of aromatic nitrogens is 3. The Labute approximate surface area is 130 Å². The van der Waals surface area contributed by atoms with Crippen LogP contribution < -0.4 is 11.0 Å². The molecule has 2 rings (SSSR count). The summed E-state index contributed by atoms with van der Waals surface area (Å²) in [6.45, 7) is 3.49. The minimum atomic E-state index is -0.153. The molecule has 0 spiro atoms. The second-order valence-electron chi connectivity index (χ2n) is 4.35. The number of aromatic amines is 1. The molecular formula is C13H17BrN4OS. The second-order valence-corrected chi connectivity index (χ2v) is 6.27. The molecule has 2 aromatic rings. The summed E-state index contributed by atoms with van der Waals surface area (Å²) in [7, 11) is 1.91. The Kier molecular flexibility index (Phi) is 5.45. The molecule has 5 nitrogen and oxygen atoms in total. The third kappa shape index (κ3) is 3.53. The van der Waals surface area contributed by atoms with E-state index in [0.29, 0.717) is 11.7 Å². The third-order valence-electron chi connectivity index (χ3n) is 2.77. The van der Waals surface area contributed by atoms with Crippen LogP contribution in [0.5, 0.6) is 0 Å². The highest BCUT2D eigenvalue weighted by atomic mass is 79.9. The van der Waals surface area contributed by atoms with Gasteiger partial charge in [0.15, 0.2) is 5.16 Å². The molecule has 0 atom stereocenters. The first kappa shape index (κ1) is 15.3. The van der Waals surface area contributed by atoms with Crippen molar-refractivity contribution in [1.82, 2.24) is 20.1 Å². The summed E-state index contributed by atoms with van der Waals surface area (Å²) < 4.78 is 2.69. The number of benzene rings is 1. The average molecular weight is 357 g/mol. The highest BCUT2D eigenvalue weighted by molar-refractivity contribution is 9.10. The lowest BCUT2D eigenvalue weighted by atomic mass is 10.2. The van der Waals surface area contributed by atoms with Crippen molar-refractivity contribution >= 4 is 27.7 Å². The van der Waals surface area contributed by atoms with E-state index in [2.05, 4.69) is 37.5 Å². The number of hydrogen-bond acceptors (Lipinski definition) is 4. The molecule has 0 unspecified atom stereocenters. The minimum Gasteiger partial charge on any atom is -0.316 e. The second kappa shape index (κ2) is 7.10. The van der Waals surface area contributed by atoms with E-state index in [1.165, 1.54) is 17.3 Å². The standard InChI is InChI=1S/C13H17BrN4OS/c1-3-6-18-12(19)16-17-13(18)20-11-7-10(14)5-4-9(11)8-15-2/h4-5,7,15H,3,6,8H2,1-2H3,(H,16,19). The molecule has 1 aromatic heterocycles. The zero-order chi connectivity index (χ0) is 14.5. The fourth-order valence-corrected chi connectivity index (χ4v) is 3.40. The van der Waals surface area contributed by atoms with Crippen LogP contribution in [0, 0.1) is 0 Å². The van der Waals surface area contributed by atoms with E-state index < -0.39 is 0 Å². The summed E-state index contributed by atoms with van der Waals surface area (Å²) in [5.41, 5.74) is 1.03. The predicted molar refractivity (Wildman–Crippen MR) is 84.2 cm³/mol. The number of rotatable bonds is 6. The third-order valence-corrected chi connectivity index (χ3v) is 4.36. The summed E-state index contributed by atoms with van der Waals surface area (Å²) in [6.07, 6.45) is 0.898. The van der Waals surface area contributed by atoms with Crippen LogP contribution in [0.25, 0.3) is 0 Å². The minimum absolute atomic E-state index is 0.153. The predicted octanol–water partition coefficient (Wildman–Crippen LogP) is 2.61. The molecule has 0 bridgehead atoms.